The highest BCUT2D eigenvalue weighted by Gasteiger charge is 2.29. The first-order chi connectivity index (χ1) is 6.77. The third kappa shape index (κ3) is 2.07. The van der Waals surface area contributed by atoms with Crippen LogP contribution in [0.5, 0.6) is 0 Å². The molecule has 4 nitrogen and oxygen atoms in total. The molecule has 0 aromatic heterocycles. The van der Waals surface area contributed by atoms with Gasteiger partial charge in [-0.25, -0.2) is 0 Å². The Balaban J connectivity index is 1.82. The largest absolute Gasteiger partial charge is 0.376 e. The van der Waals surface area contributed by atoms with Gasteiger partial charge in [-0.1, -0.05) is 0 Å². The topological polar surface area (TPSA) is 41.6 Å². The van der Waals surface area contributed by atoms with Gasteiger partial charge in [-0.3, -0.25) is 10.1 Å². The van der Waals surface area contributed by atoms with Crippen LogP contribution in [0.15, 0.2) is 0 Å². The number of nitrogens with one attached hydrogen (secondary N) is 1. The Kier molecular flexibility index (Phi) is 3.03. The fourth-order valence-electron chi connectivity index (χ4n) is 2.04. The zero-order valence-corrected chi connectivity index (χ0v) is 8.66. The number of rotatable bonds is 2. The summed E-state index contributed by atoms with van der Waals surface area (Å²) in [5, 5.41) is 3.13. The normalized spacial score (nSPS) is 33.8. The molecule has 0 aromatic rings. The van der Waals surface area contributed by atoms with Crippen molar-refractivity contribution in [3.05, 3.63) is 0 Å². The molecule has 2 fully saturated rings. The van der Waals surface area contributed by atoms with Gasteiger partial charge in [-0.05, 0) is 26.2 Å². The first kappa shape index (κ1) is 9.93. The van der Waals surface area contributed by atoms with Crippen molar-refractivity contribution in [2.24, 2.45) is 0 Å². The molecule has 0 saturated carbocycles. The Morgan fingerprint density at radius 1 is 1.57 bits per heavy atom. The summed E-state index contributed by atoms with van der Waals surface area (Å²) in [6.45, 7) is 4.20. The van der Waals surface area contributed by atoms with Gasteiger partial charge < -0.3 is 9.64 Å². The summed E-state index contributed by atoms with van der Waals surface area (Å²) in [6, 6.07) is -0.0152. The Morgan fingerprint density at radius 3 is 3.00 bits per heavy atom. The van der Waals surface area contributed by atoms with E-state index >= 15 is 0 Å². The van der Waals surface area contributed by atoms with Gasteiger partial charge in [-0.2, -0.15) is 0 Å². The van der Waals surface area contributed by atoms with Crippen LogP contribution >= 0.6 is 0 Å². The third-order valence-corrected chi connectivity index (χ3v) is 2.97. The van der Waals surface area contributed by atoms with E-state index in [9.17, 15) is 4.79 Å². The minimum Gasteiger partial charge on any atom is -0.376 e. The highest BCUT2D eigenvalue weighted by Crippen LogP contribution is 2.15. The molecular formula is C10H18N2O2. The molecule has 2 unspecified atom stereocenters. The van der Waals surface area contributed by atoms with Gasteiger partial charge >= 0.3 is 0 Å². The number of ether oxygens (including phenoxy) is 1. The van der Waals surface area contributed by atoms with Gasteiger partial charge in [0, 0.05) is 13.2 Å². The molecule has 80 valence electrons. The van der Waals surface area contributed by atoms with E-state index in [1.807, 2.05) is 11.8 Å². The van der Waals surface area contributed by atoms with Crippen LogP contribution in [0.1, 0.15) is 26.2 Å². The molecule has 1 N–H and O–H groups in total. The second-order valence-corrected chi connectivity index (χ2v) is 4.13. The van der Waals surface area contributed by atoms with Crippen molar-refractivity contribution in [1.82, 2.24) is 10.2 Å². The highest BCUT2D eigenvalue weighted by atomic mass is 16.5. The molecular weight excluding hydrogens is 180 g/mol. The Labute approximate surface area is 84.6 Å². The predicted molar refractivity (Wildman–Crippen MR) is 52.8 cm³/mol. The molecule has 0 aliphatic carbocycles. The standard InChI is InChI=1S/C10H18N2O2/c1-8-10(13)12(7-11-8)6-9-4-2-3-5-14-9/h8-9,11H,2-7H2,1H3. The summed E-state index contributed by atoms with van der Waals surface area (Å²) in [6.07, 6.45) is 3.76. The Bertz CT molecular complexity index is 214. The zero-order valence-electron chi connectivity index (χ0n) is 8.66. The lowest BCUT2D eigenvalue weighted by Gasteiger charge is -2.26. The van der Waals surface area contributed by atoms with Crippen LogP contribution in [0, 0.1) is 0 Å². The Morgan fingerprint density at radius 2 is 2.43 bits per heavy atom. The fourth-order valence-corrected chi connectivity index (χ4v) is 2.04. The van der Waals surface area contributed by atoms with E-state index < -0.39 is 0 Å². The highest BCUT2D eigenvalue weighted by molar-refractivity contribution is 5.83. The molecule has 0 radical (unpaired) electrons. The fraction of sp³-hybridized carbons (Fsp3) is 0.900. The molecule has 2 atom stereocenters. The van der Waals surface area contributed by atoms with Crippen LogP contribution in [-0.4, -0.2) is 42.8 Å². The molecule has 0 spiro atoms. The van der Waals surface area contributed by atoms with Crippen LogP contribution in [0.4, 0.5) is 0 Å². The quantitative estimate of drug-likeness (QED) is 0.695. The summed E-state index contributed by atoms with van der Waals surface area (Å²) < 4.78 is 5.60. The maximum atomic E-state index is 11.6. The van der Waals surface area contributed by atoms with E-state index in [4.69, 9.17) is 4.74 Å². The lowest BCUT2D eigenvalue weighted by atomic mass is 10.1. The van der Waals surface area contributed by atoms with Crippen molar-refractivity contribution >= 4 is 5.91 Å². The molecule has 2 rings (SSSR count). The van der Waals surface area contributed by atoms with Crippen LogP contribution in [-0.2, 0) is 9.53 Å². The summed E-state index contributed by atoms with van der Waals surface area (Å²) >= 11 is 0. The van der Waals surface area contributed by atoms with Crippen LogP contribution in [0.2, 0.25) is 0 Å². The van der Waals surface area contributed by atoms with E-state index in [1.165, 1.54) is 12.8 Å². The van der Waals surface area contributed by atoms with Crippen LogP contribution in [0.25, 0.3) is 0 Å². The summed E-state index contributed by atoms with van der Waals surface area (Å²) in [5.74, 6) is 0.208. The number of hydrogen-bond acceptors (Lipinski definition) is 3. The number of amides is 1. The van der Waals surface area contributed by atoms with Gasteiger partial charge in [0.05, 0.1) is 18.8 Å². The average Bonchev–Trinajstić information content (AvgIpc) is 2.52. The molecule has 4 heteroatoms. The Hall–Kier alpha value is -0.610. The van der Waals surface area contributed by atoms with Crippen molar-refractivity contribution in [1.29, 1.82) is 0 Å². The smallest absolute Gasteiger partial charge is 0.240 e. The monoisotopic (exact) mass is 198 g/mol. The first-order valence-corrected chi connectivity index (χ1v) is 5.41. The number of carbonyl (C=O) groups is 1. The molecule has 0 aromatic carbocycles. The second kappa shape index (κ2) is 4.28. The molecule has 14 heavy (non-hydrogen) atoms. The SMILES string of the molecule is CC1NCN(CC2CCCCO2)C1=O. The number of hydrogen-bond donors (Lipinski definition) is 1. The van der Waals surface area contributed by atoms with Gasteiger partial charge in [-0.15, -0.1) is 0 Å². The molecule has 2 heterocycles. The van der Waals surface area contributed by atoms with E-state index in [-0.39, 0.29) is 18.1 Å². The molecule has 2 aliphatic rings. The van der Waals surface area contributed by atoms with Crippen molar-refractivity contribution in [2.75, 3.05) is 19.8 Å². The van der Waals surface area contributed by atoms with Crippen molar-refractivity contribution in [2.45, 2.75) is 38.3 Å². The molecule has 2 aliphatic heterocycles. The number of nitrogens with zero attached hydrogens (tertiary/aromatic N) is 1. The van der Waals surface area contributed by atoms with Crippen molar-refractivity contribution in [3.8, 4) is 0 Å². The van der Waals surface area contributed by atoms with Crippen molar-refractivity contribution < 1.29 is 9.53 Å². The van der Waals surface area contributed by atoms with Gasteiger partial charge in [0.25, 0.3) is 0 Å². The van der Waals surface area contributed by atoms with Gasteiger partial charge in [0.1, 0.15) is 0 Å². The summed E-state index contributed by atoms with van der Waals surface area (Å²) in [4.78, 5) is 13.4. The molecule has 1 amide bonds. The first-order valence-electron chi connectivity index (χ1n) is 5.41. The third-order valence-electron chi connectivity index (χ3n) is 2.97. The molecule has 0 bridgehead atoms. The maximum Gasteiger partial charge on any atom is 0.240 e. The summed E-state index contributed by atoms with van der Waals surface area (Å²) in [7, 11) is 0. The minimum absolute atomic E-state index is 0.0152. The van der Waals surface area contributed by atoms with E-state index in [2.05, 4.69) is 5.32 Å². The van der Waals surface area contributed by atoms with Crippen LogP contribution in [0.3, 0.4) is 0 Å². The van der Waals surface area contributed by atoms with Gasteiger partial charge in [0.15, 0.2) is 0 Å². The van der Waals surface area contributed by atoms with Gasteiger partial charge in [0.2, 0.25) is 5.91 Å². The minimum atomic E-state index is -0.0152. The number of carbonyl (C=O) groups excluding carboxylic acids is 1. The maximum absolute atomic E-state index is 11.6. The van der Waals surface area contributed by atoms with E-state index in [0.29, 0.717) is 6.67 Å². The predicted octanol–water partition coefficient (Wildman–Crippen LogP) is 0.333. The van der Waals surface area contributed by atoms with E-state index in [0.717, 1.165) is 19.6 Å². The lowest BCUT2D eigenvalue weighted by Crippen LogP contribution is -2.38. The second-order valence-electron chi connectivity index (χ2n) is 4.13. The molecule has 2 saturated heterocycles. The summed E-state index contributed by atoms with van der Waals surface area (Å²) in [5.41, 5.74) is 0. The zero-order chi connectivity index (χ0) is 9.97. The van der Waals surface area contributed by atoms with Crippen molar-refractivity contribution in [3.63, 3.8) is 0 Å². The lowest BCUT2D eigenvalue weighted by molar-refractivity contribution is -0.130. The van der Waals surface area contributed by atoms with Crippen LogP contribution < -0.4 is 5.32 Å². The average molecular weight is 198 g/mol. The van der Waals surface area contributed by atoms with E-state index in [1.54, 1.807) is 0 Å².